The van der Waals surface area contributed by atoms with Crippen LogP contribution in [0.25, 0.3) is 0 Å². The van der Waals surface area contributed by atoms with E-state index in [2.05, 4.69) is 36.2 Å². The van der Waals surface area contributed by atoms with Crippen LogP contribution in [0.3, 0.4) is 0 Å². The van der Waals surface area contributed by atoms with Crippen LogP contribution < -0.4 is 11.1 Å². The van der Waals surface area contributed by atoms with Crippen molar-refractivity contribution in [2.75, 3.05) is 6.54 Å². The molecule has 156 valence electrons. The van der Waals surface area contributed by atoms with Gasteiger partial charge in [-0.3, -0.25) is 14.5 Å². The van der Waals surface area contributed by atoms with Crippen molar-refractivity contribution in [3.63, 3.8) is 0 Å². The van der Waals surface area contributed by atoms with Crippen molar-refractivity contribution >= 4 is 11.9 Å². The largest absolute Gasteiger partial charge is 0.370 e. The Labute approximate surface area is 168 Å². The Morgan fingerprint density at radius 2 is 1.96 bits per heavy atom. The summed E-state index contributed by atoms with van der Waals surface area (Å²) in [6.07, 6.45) is 11.8. The Balaban J connectivity index is 1.72. The second-order valence-corrected chi connectivity index (χ2v) is 9.35. The predicted molar refractivity (Wildman–Crippen MR) is 112 cm³/mol. The van der Waals surface area contributed by atoms with E-state index in [-0.39, 0.29) is 23.4 Å². The molecule has 1 saturated carbocycles. The second kappa shape index (κ2) is 8.53. The van der Waals surface area contributed by atoms with Gasteiger partial charge >= 0.3 is 0 Å². The predicted octanol–water partition coefficient (Wildman–Crippen LogP) is 2.74. The maximum absolute atomic E-state index is 12.8. The Hall–Kier alpha value is -2.05. The molecule has 1 aliphatic carbocycles. The molecule has 0 unspecified atom stereocenters. The minimum absolute atomic E-state index is 0.0179. The summed E-state index contributed by atoms with van der Waals surface area (Å²) in [6, 6.07) is 0.410. The van der Waals surface area contributed by atoms with Gasteiger partial charge in [0.1, 0.15) is 0 Å². The first-order valence-electron chi connectivity index (χ1n) is 10.6. The highest BCUT2D eigenvalue weighted by Crippen LogP contribution is 2.42. The van der Waals surface area contributed by atoms with Crippen molar-refractivity contribution in [2.24, 2.45) is 23.7 Å². The molecule has 0 spiro atoms. The molecule has 0 radical (unpaired) electrons. The third-order valence-corrected chi connectivity index (χ3v) is 5.92. The monoisotopic (exact) mass is 388 g/mol. The van der Waals surface area contributed by atoms with Crippen LogP contribution in [0.4, 0.5) is 0 Å². The first-order chi connectivity index (χ1) is 13.3. The molecule has 3 rings (SSSR count). The number of hydrogen-bond donors (Lipinski definition) is 2. The van der Waals surface area contributed by atoms with Gasteiger partial charge in [0.2, 0.25) is 5.91 Å². The molecular weight excluding hydrogens is 352 g/mol. The van der Waals surface area contributed by atoms with Crippen molar-refractivity contribution in [2.45, 2.75) is 83.3 Å². The average Bonchev–Trinajstić information content (AvgIpc) is 3.07. The van der Waals surface area contributed by atoms with Crippen LogP contribution >= 0.6 is 0 Å². The van der Waals surface area contributed by atoms with E-state index in [1.54, 1.807) is 4.68 Å². The first kappa shape index (κ1) is 20.7. The minimum Gasteiger partial charge on any atom is -0.370 e. The van der Waals surface area contributed by atoms with E-state index < -0.39 is 0 Å². The summed E-state index contributed by atoms with van der Waals surface area (Å²) in [7, 11) is 1.91. The Morgan fingerprint density at radius 1 is 1.29 bits per heavy atom. The SMILES string of the molecule is Cn1cc([C@H]2[C@H](CN=C(N)NC3CCCCCC3)CC(=O)N2C(C)(C)C)cn1. The van der Waals surface area contributed by atoms with Gasteiger partial charge in [-0.2, -0.15) is 5.10 Å². The van der Waals surface area contributed by atoms with E-state index in [0.29, 0.717) is 25.0 Å². The van der Waals surface area contributed by atoms with E-state index in [9.17, 15) is 4.79 Å². The van der Waals surface area contributed by atoms with Gasteiger partial charge in [0.15, 0.2) is 5.96 Å². The van der Waals surface area contributed by atoms with Crippen molar-refractivity contribution in [3.05, 3.63) is 18.0 Å². The summed E-state index contributed by atoms with van der Waals surface area (Å²) in [5.74, 6) is 0.792. The maximum atomic E-state index is 12.8. The zero-order valence-corrected chi connectivity index (χ0v) is 17.8. The normalized spacial score (nSPS) is 25.2. The molecule has 1 saturated heterocycles. The van der Waals surface area contributed by atoms with Crippen LogP contribution in [-0.4, -0.2) is 44.7 Å². The van der Waals surface area contributed by atoms with Crippen LogP contribution in [0, 0.1) is 5.92 Å². The third kappa shape index (κ3) is 4.86. The van der Waals surface area contributed by atoms with E-state index >= 15 is 0 Å². The van der Waals surface area contributed by atoms with Crippen LogP contribution in [0.1, 0.15) is 77.3 Å². The number of amides is 1. The van der Waals surface area contributed by atoms with Crippen LogP contribution in [0.15, 0.2) is 17.4 Å². The van der Waals surface area contributed by atoms with E-state index in [4.69, 9.17) is 5.73 Å². The number of nitrogens with two attached hydrogens (primary N) is 1. The quantitative estimate of drug-likeness (QED) is 0.472. The van der Waals surface area contributed by atoms with Crippen LogP contribution in [0.5, 0.6) is 0 Å². The third-order valence-electron chi connectivity index (χ3n) is 5.92. The number of aliphatic imine (C=N–C) groups is 1. The minimum atomic E-state index is -0.250. The van der Waals surface area contributed by atoms with Gasteiger partial charge in [-0.1, -0.05) is 25.7 Å². The molecule has 0 aromatic carbocycles. The molecule has 2 aliphatic rings. The molecule has 7 heteroatoms. The van der Waals surface area contributed by atoms with Gasteiger partial charge in [-0.05, 0) is 33.6 Å². The number of nitrogens with one attached hydrogen (secondary N) is 1. The molecule has 3 N–H and O–H groups in total. The molecule has 1 aromatic heterocycles. The number of aryl methyl sites for hydroxylation is 1. The first-order valence-corrected chi connectivity index (χ1v) is 10.6. The van der Waals surface area contributed by atoms with Crippen molar-refractivity contribution in [1.82, 2.24) is 20.0 Å². The van der Waals surface area contributed by atoms with Gasteiger partial charge in [-0.25, -0.2) is 0 Å². The lowest BCUT2D eigenvalue weighted by Gasteiger charge is -2.38. The maximum Gasteiger partial charge on any atom is 0.223 e. The Kier molecular flexibility index (Phi) is 6.30. The fraction of sp³-hybridized carbons (Fsp3) is 0.762. The molecule has 2 heterocycles. The molecule has 1 amide bonds. The van der Waals surface area contributed by atoms with Gasteiger partial charge in [0.05, 0.1) is 12.2 Å². The molecule has 2 fully saturated rings. The molecule has 7 nitrogen and oxygen atoms in total. The summed E-state index contributed by atoms with van der Waals surface area (Å²) in [6.45, 7) is 6.80. The summed E-state index contributed by atoms with van der Waals surface area (Å²) < 4.78 is 1.79. The smallest absolute Gasteiger partial charge is 0.223 e. The van der Waals surface area contributed by atoms with E-state index in [1.165, 1.54) is 25.7 Å². The number of nitrogens with zero attached hydrogens (tertiary/aromatic N) is 4. The van der Waals surface area contributed by atoms with Crippen LogP contribution in [-0.2, 0) is 11.8 Å². The van der Waals surface area contributed by atoms with Crippen molar-refractivity contribution < 1.29 is 4.79 Å². The lowest BCUT2D eigenvalue weighted by molar-refractivity contribution is -0.133. The van der Waals surface area contributed by atoms with Gasteiger partial charge in [0, 0.05) is 49.3 Å². The molecule has 1 aliphatic heterocycles. The number of hydrogen-bond acceptors (Lipinski definition) is 3. The lowest BCUT2D eigenvalue weighted by Crippen LogP contribution is -2.44. The number of guanidine groups is 1. The van der Waals surface area contributed by atoms with Crippen molar-refractivity contribution in [3.8, 4) is 0 Å². The van der Waals surface area contributed by atoms with Gasteiger partial charge in [0.25, 0.3) is 0 Å². The average molecular weight is 389 g/mol. The highest BCUT2D eigenvalue weighted by molar-refractivity contribution is 5.81. The number of likely N-dealkylation sites (tertiary alicyclic amines) is 1. The highest BCUT2D eigenvalue weighted by atomic mass is 16.2. The standard InChI is InChI=1S/C21H36N6O/c1-21(2,3)27-18(28)11-15(19(27)16-13-24-26(4)14-16)12-23-20(22)25-17-9-7-5-6-8-10-17/h13-15,17,19H,5-12H2,1-4H3,(H3,22,23,25)/t15-,19+/m0/s1. The molecule has 1 aromatic rings. The molecule has 2 atom stereocenters. The molecule has 28 heavy (non-hydrogen) atoms. The molecule has 0 bridgehead atoms. The fourth-order valence-corrected chi connectivity index (χ4v) is 4.66. The summed E-state index contributed by atoms with van der Waals surface area (Å²) in [5, 5.41) is 7.73. The van der Waals surface area contributed by atoms with Crippen molar-refractivity contribution in [1.29, 1.82) is 0 Å². The summed E-state index contributed by atoms with van der Waals surface area (Å²) >= 11 is 0. The number of aromatic nitrogens is 2. The number of carbonyl (C=O) groups is 1. The number of rotatable bonds is 4. The fourth-order valence-electron chi connectivity index (χ4n) is 4.66. The van der Waals surface area contributed by atoms with E-state index in [0.717, 1.165) is 18.4 Å². The van der Waals surface area contributed by atoms with Gasteiger partial charge < -0.3 is 16.0 Å². The number of carbonyl (C=O) groups excluding carboxylic acids is 1. The topological polar surface area (TPSA) is 88.5 Å². The lowest BCUT2D eigenvalue weighted by atomic mass is 9.93. The summed E-state index contributed by atoms with van der Waals surface area (Å²) in [5.41, 5.74) is 7.02. The second-order valence-electron chi connectivity index (χ2n) is 9.35. The zero-order chi connectivity index (χ0) is 20.3. The Bertz CT molecular complexity index is 696. The Morgan fingerprint density at radius 3 is 2.54 bits per heavy atom. The zero-order valence-electron chi connectivity index (χ0n) is 17.8. The van der Waals surface area contributed by atoms with Gasteiger partial charge in [-0.15, -0.1) is 0 Å². The molecular formula is C21H36N6O. The summed E-state index contributed by atoms with van der Waals surface area (Å²) in [4.78, 5) is 19.5. The highest BCUT2D eigenvalue weighted by Gasteiger charge is 2.45. The van der Waals surface area contributed by atoms with E-state index in [1.807, 2.05) is 24.3 Å². The van der Waals surface area contributed by atoms with Crippen LogP contribution in [0.2, 0.25) is 0 Å².